The number of hydrogen-bond donors (Lipinski definition) is 2. The van der Waals surface area contributed by atoms with Crippen LogP contribution < -0.4 is 4.90 Å². The molecule has 2 heterocycles. The van der Waals surface area contributed by atoms with Crippen LogP contribution in [0.2, 0.25) is 0 Å². The van der Waals surface area contributed by atoms with E-state index in [1.807, 2.05) is 30.5 Å². The molecule has 0 spiro atoms. The fourth-order valence-corrected chi connectivity index (χ4v) is 2.92. The summed E-state index contributed by atoms with van der Waals surface area (Å²) in [6.45, 7) is 4.07. The van der Waals surface area contributed by atoms with Gasteiger partial charge in [0.15, 0.2) is 6.29 Å². The minimum atomic E-state index is -1.45. The first-order valence-corrected chi connectivity index (χ1v) is 8.52. The Labute approximate surface area is 148 Å². The lowest BCUT2D eigenvalue weighted by molar-refractivity contribution is 0.00304. The van der Waals surface area contributed by atoms with E-state index in [0.717, 1.165) is 55.2 Å². The van der Waals surface area contributed by atoms with Crippen LogP contribution in [0.15, 0.2) is 42.7 Å². The lowest BCUT2D eigenvalue weighted by Gasteiger charge is -2.21. The van der Waals surface area contributed by atoms with Crippen LogP contribution in [-0.2, 0) is 0 Å². The van der Waals surface area contributed by atoms with Crippen molar-refractivity contribution in [3.63, 3.8) is 0 Å². The summed E-state index contributed by atoms with van der Waals surface area (Å²) in [5, 5.41) is 17.9. The molecule has 1 aliphatic rings. The summed E-state index contributed by atoms with van der Waals surface area (Å²) >= 11 is 0. The van der Waals surface area contributed by atoms with Gasteiger partial charge in [0.2, 0.25) is 0 Å². The highest BCUT2D eigenvalue weighted by Crippen LogP contribution is 2.22. The zero-order valence-corrected chi connectivity index (χ0v) is 14.4. The van der Waals surface area contributed by atoms with Crippen molar-refractivity contribution >= 4 is 11.9 Å². The van der Waals surface area contributed by atoms with Crippen LogP contribution in [0, 0.1) is 0 Å². The van der Waals surface area contributed by atoms with Gasteiger partial charge in [0, 0.05) is 25.2 Å². The zero-order chi connectivity index (χ0) is 17.6. The number of anilines is 1. The van der Waals surface area contributed by atoms with Gasteiger partial charge in [-0.3, -0.25) is 4.98 Å². The molecule has 0 radical (unpaired) electrons. The van der Waals surface area contributed by atoms with Crippen molar-refractivity contribution < 1.29 is 10.2 Å². The van der Waals surface area contributed by atoms with E-state index in [-0.39, 0.29) is 0 Å². The SMILES string of the molecule is CN1CCCN(c2cncc(-c3cccc(/C=C/C(O)O)c3)n2)CC1. The average Bonchev–Trinajstić information content (AvgIpc) is 2.85. The molecule has 0 unspecified atom stereocenters. The fourth-order valence-electron chi connectivity index (χ4n) is 2.92. The van der Waals surface area contributed by atoms with Crippen LogP contribution in [0.4, 0.5) is 5.82 Å². The Morgan fingerprint density at radius 3 is 2.84 bits per heavy atom. The van der Waals surface area contributed by atoms with Gasteiger partial charge in [-0.1, -0.05) is 24.3 Å². The number of rotatable bonds is 4. The maximum Gasteiger partial charge on any atom is 0.171 e. The van der Waals surface area contributed by atoms with Crippen LogP contribution in [0.5, 0.6) is 0 Å². The highest BCUT2D eigenvalue weighted by atomic mass is 16.5. The van der Waals surface area contributed by atoms with E-state index in [2.05, 4.69) is 21.8 Å². The minimum Gasteiger partial charge on any atom is -0.365 e. The van der Waals surface area contributed by atoms with E-state index in [0.29, 0.717) is 0 Å². The van der Waals surface area contributed by atoms with Gasteiger partial charge in [0.1, 0.15) is 5.82 Å². The molecule has 132 valence electrons. The summed E-state index contributed by atoms with van der Waals surface area (Å²) in [5.74, 6) is 0.902. The molecule has 1 aromatic heterocycles. The Morgan fingerprint density at radius 2 is 2.00 bits per heavy atom. The second-order valence-corrected chi connectivity index (χ2v) is 6.30. The van der Waals surface area contributed by atoms with Crippen molar-refractivity contribution in [3.05, 3.63) is 48.3 Å². The first kappa shape index (κ1) is 17.5. The molecule has 6 nitrogen and oxygen atoms in total. The molecule has 2 N–H and O–H groups in total. The topological polar surface area (TPSA) is 72.7 Å². The quantitative estimate of drug-likeness (QED) is 0.824. The predicted molar refractivity (Wildman–Crippen MR) is 99.1 cm³/mol. The van der Waals surface area contributed by atoms with Crippen LogP contribution in [0.1, 0.15) is 12.0 Å². The molecular weight excluding hydrogens is 316 g/mol. The van der Waals surface area contributed by atoms with Gasteiger partial charge in [-0.05, 0) is 37.7 Å². The monoisotopic (exact) mass is 340 g/mol. The lowest BCUT2D eigenvalue weighted by Crippen LogP contribution is -2.29. The van der Waals surface area contributed by atoms with Crippen molar-refractivity contribution in [1.82, 2.24) is 14.9 Å². The van der Waals surface area contributed by atoms with Gasteiger partial charge >= 0.3 is 0 Å². The molecule has 0 saturated carbocycles. The summed E-state index contributed by atoms with van der Waals surface area (Å²) in [5.41, 5.74) is 2.65. The second-order valence-electron chi connectivity index (χ2n) is 6.30. The van der Waals surface area contributed by atoms with Gasteiger partial charge < -0.3 is 20.0 Å². The Bertz CT molecular complexity index is 733. The number of aliphatic hydroxyl groups is 2. The van der Waals surface area contributed by atoms with Crippen LogP contribution in [-0.4, -0.2) is 64.6 Å². The largest absolute Gasteiger partial charge is 0.365 e. The molecule has 3 rings (SSSR count). The van der Waals surface area contributed by atoms with E-state index in [4.69, 9.17) is 15.2 Å². The maximum atomic E-state index is 8.96. The Balaban J connectivity index is 1.83. The number of nitrogens with zero attached hydrogens (tertiary/aromatic N) is 4. The first-order chi connectivity index (χ1) is 12.1. The molecule has 1 aromatic carbocycles. The molecule has 2 aromatic rings. The summed E-state index contributed by atoms with van der Waals surface area (Å²) in [6.07, 6.45) is 6.25. The summed E-state index contributed by atoms with van der Waals surface area (Å²) in [7, 11) is 2.15. The van der Waals surface area contributed by atoms with Crippen LogP contribution >= 0.6 is 0 Å². The summed E-state index contributed by atoms with van der Waals surface area (Å²) in [4.78, 5) is 13.8. The molecule has 1 saturated heterocycles. The third kappa shape index (κ3) is 4.85. The van der Waals surface area contributed by atoms with Crippen molar-refractivity contribution in [2.75, 3.05) is 38.1 Å². The van der Waals surface area contributed by atoms with Gasteiger partial charge in [0.25, 0.3) is 0 Å². The second kappa shape index (κ2) is 8.20. The molecule has 0 amide bonds. The van der Waals surface area contributed by atoms with Crippen molar-refractivity contribution in [2.24, 2.45) is 0 Å². The number of aromatic nitrogens is 2. The third-order valence-electron chi connectivity index (χ3n) is 4.31. The number of hydrogen-bond acceptors (Lipinski definition) is 6. The number of likely N-dealkylation sites (N-methyl/N-ethyl adjacent to an activating group) is 1. The minimum absolute atomic E-state index is 0.815. The fraction of sp³-hybridized carbons (Fsp3) is 0.368. The number of benzene rings is 1. The maximum absolute atomic E-state index is 8.96. The third-order valence-corrected chi connectivity index (χ3v) is 4.31. The Morgan fingerprint density at radius 1 is 1.12 bits per heavy atom. The predicted octanol–water partition coefficient (Wildman–Crippen LogP) is 1.61. The van der Waals surface area contributed by atoms with Gasteiger partial charge in [-0.25, -0.2) is 4.98 Å². The summed E-state index contributed by atoms with van der Waals surface area (Å²) < 4.78 is 0. The molecule has 0 atom stereocenters. The molecular formula is C19H24N4O2. The van der Waals surface area contributed by atoms with E-state index in [9.17, 15) is 0 Å². The van der Waals surface area contributed by atoms with Crippen molar-refractivity contribution in [1.29, 1.82) is 0 Å². The van der Waals surface area contributed by atoms with Crippen molar-refractivity contribution in [3.8, 4) is 11.3 Å². The van der Waals surface area contributed by atoms with Gasteiger partial charge in [0.05, 0.1) is 18.1 Å². The highest BCUT2D eigenvalue weighted by Gasteiger charge is 2.14. The highest BCUT2D eigenvalue weighted by molar-refractivity contribution is 5.65. The lowest BCUT2D eigenvalue weighted by atomic mass is 10.1. The van der Waals surface area contributed by atoms with E-state index >= 15 is 0 Å². The standard InChI is InChI=1S/C19H24N4O2/c1-22-8-3-9-23(11-10-22)18-14-20-13-17(21-18)16-5-2-4-15(12-16)6-7-19(24)25/h2,4-7,12-14,19,24-25H,3,8-11H2,1H3/b7-6+. The molecule has 6 heteroatoms. The smallest absolute Gasteiger partial charge is 0.171 e. The molecule has 25 heavy (non-hydrogen) atoms. The number of aliphatic hydroxyl groups excluding tert-OH is 1. The molecule has 1 aliphatic heterocycles. The van der Waals surface area contributed by atoms with Crippen LogP contribution in [0.3, 0.4) is 0 Å². The average molecular weight is 340 g/mol. The Kier molecular flexibility index (Phi) is 5.75. The van der Waals surface area contributed by atoms with Gasteiger partial charge in [-0.2, -0.15) is 0 Å². The molecule has 0 bridgehead atoms. The summed E-state index contributed by atoms with van der Waals surface area (Å²) in [6, 6.07) is 7.78. The molecule has 0 aliphatic carbocycles. The van der Waals surface area contributed by atoms with Crippen molar-refractivity contribution in [2.45, 2.75) is 12.7 Å². The zero-order valence-electron chi connectivity index (χ0n) is 14.4. The van der Waals surface area contributed by atoms with Gasteiger partial charge in [-0.15, -0.1) is 0 Å². The first-order valence-electron chi connectivity index (χ1n) is 8.52. The van der Waals surface area contributed by atoms with E-state index < -0.39 is 6.29 Å². The normalized spacial score (nSPS) is 16.6. The van der Waals surface area contributed by atoms with E-state index in [1.165, 1.54) is 6.08 Å². The van der Waals surface area contributed by atoms with E-state index in [1.54, 1.807) is 12.3 Å². The molecule has 1 fully saturated rings. The Hall–Kier alpha value is -2.28. The van der Waals surface area contributed by atoms with Crippen LogP contribution in [0.25, 0.3) is 17.3 Å².